The minimum atomic E-state index is -0.826. The number of rotatable bonds is 3. The van der Waals surface area contributed by atoms with Crippen molar-refractivity contribution in [2.24, 2.45) is 0 Å². The molecule has 0 bridgehead atoms. The van der Waals surface area contributed by atoms with Gasteiger partial charge in [-0.2, -0.15) is 0 Å². The molecule has 0 unspecified atom stereocenters. The van der Waals surface area contributed by atoms with E-state index in [2.05, 4.69) is 5.32 Å². The number of halogens is 2. The third kappa shape index (κ3) is 3.63. The smallest absolute Gasteiger partial charge is 0.238 e. The Bertz CT molecular complexity index is 476. The number of carbonyl (C=O) groups excluding carboxylic acids is 1. The number of nitrogens with one attached hydrogen (secondary N) is 1. The van der Waals surface area contributed by atoms with Crippen molar-refractivity contribution in [3.05, 3.63) is 29.0 Å². The third-order valence-electron chi connectivity index (χ3n) is 2.91. The number of hydrogen-bond acceptors (Lipinski definition) is 4. The zero-order valence-corrected chi connectivity index (χ0v) is 10.8. The van der Waals surface area contributed by atoms with Crippen molar-refractivity contribution in [1.82, 2.24) is 4.90 Å². The lowest BCUT2D eigenvalue weighted by Gasteiger charge is -2.14. The summed E-state index contributed by atoms with van der Waals surface area (Å²) in [4.78, 5) is 13.4. The maximum atomic E-state index is 12.9. The van der Waals surface area contributed by atoms with Crippen LogP contribution in [0, 0.1) is 5.82 Å². The van der Waals surface area contributed by atoms with E-state index in [4.69, 9.17) is 11.6 Å². The molecule has 0 aromatic heterocycles. The van der Waals surface area contributed by atoms with Gasteiger partial charge in [-0.05, 0) is 18.2 Å². The van der Waals surface area contributed by atoms with E-state index in [-0.39, 0.29) is 30.6 Å². The molecule has 2 atom stereocenters. The molecule has 19 heavy (non-hydrogen) atoms. The quantitative estimate of drug-likeness (QED) is 0.755. The summed E-state index contributed by atoms with van der Waals surface area (Å²) in [5.74, 6) is -0.866. The molecule has 0 saturated carbocycles. The molecule has 7 heteroatoms. The number of aliphatic hydroxyl groups excluding tert-OH is 2. The molecular weight excluding hydrogens is 275 g/mol. The Morgan fingerprint density at radius 2 is 2.05 bits per heavy atom. The summed E-state index contributed by atoms with van der Waals surface area (Å²) in [6.07, 6.45) is -1.65. The second kappa shape index (κ2) is 5.83. The standard InChI is InChI=1S/C12H14ClFN2O3/c13-8-3-7(1-2-9(8)14)15-12(19)6-16-4-10(17)11(18)5-16/h1-3,10-11,17-18H,4-6H2,(H,15,19)/t10-,11+. The fraction of sp³-hybridized carbons (Fsp3) is 0.417. The minimum Gasteiger partial charge on any atom is -0.389 e. The summed E-state index contributed by atoms with van der Waals surface area (Å²) >= 11 is 5.60. The van der Waals surface area contributed by atoms with Crippen LogP contribution < -0.4 is 5.32 Å². The summed E-state index contributed by atoms with van der Waals surface area (Å²) in [5.41, 5.74) is 0.400. The molecule has 5 nitrogen and oxygen atoms in total. The van der Waals surface area contributed by atoms with Crippen LogP contribution in [0.15, 0.2) is 18.2 Å². The van der Waals surface area contributed by atoms with Crippen molar-refractivity contribution in [1.29, 1.82) is 0 Å². The van der Waals surface area contributed by atoms with Gasteiger partial charge in [-0.1, -0.05) is 11.6 Å². The Hall–Kier alpha value is -1.21. The van der Waals surface area contributed by atoms with Crippen LogP contribution in [0.2, 0.25) is 5.02 Å². The van der Waals surface area contributed by atoms with E-state index < -0.39 is 18.0 Å². The normalized spacial score (nSPS) is 23.6. The predicted octanol–water partition coefficient (Wildman–Crippen LogP) is 0.455. The van der Waals surface area contributed by atoms with Crippen molar-refractivity contribution < 1.29 is 19.4 Å². The van der Waals surface area contributed by atoms with Crippen molar-refractivity contribution >= 4 is 23.2 Å². The molecule has 1 amide bonds. The second-order valence-corrected chi connectivity index (χ2v) is 4.91. The number of hydrogen-bond donors (Lipinski definition) is 3. The Morgan fingerprint density at radius 1 is 1.42 bits per heavy atom. The Balaban J connectivity index is 1.89. The molecule has 1 aromatic carbocycles. The van der Waals surface area contributed by atoms with Crippen molar-refractivity contribution in [2.75, 3.05) is 25.0 Å². The lowest BCUT2D eigenvalue weighted by Crippen LogP contribution is -2.32. The van der Waals surface area contributed by atoms with Crippen LogP contribution in [0.5, 0.6) is 0 Å². The molecule has 104 valence electrons. The maximum absolute atomic E-state index is 12.9. The first kappa shape index (κ1) is 14.2. The molecule has 0 aliphatic carbocycles. The number of β-amino-alcohol motifs (C(OH)–C–C–N with tert-alkyl or cyclic N) is 2. The number of anilines is 1. The number of aliphatic hydroxyl groups is 2. The monoisotopic (exact) mass is 288 g/mol. The Labute approximate surface area is 114 Å². The van der Waals surface area contributed by atoms with Crippen molar-refractivity contribution in [3.63, 3.8) is 0 Å². The molecule has 2 rings (SSSR count). The highest BCUT2D eigenvalue weighted by Crippen LogP contribution is 2.19. The molecule has 0 radical (unpaired) electrons. The van der Waals surface area contributed by atoms with Gasteiger partial charge in [-0.15, -0.1) is 0 Å². The molecule has 3 N–H and O–H groups in total. The highest BCUT2D eigenvalue weighted by molar-refractivity contribution is 6.31. The van der Waals surface area contributed by atoms with Gasteiger partial charge in [-0.25, -0.2) is 4.39 Å². The van der Waals surface area contributed by atoms with Crippen LogP contribution in [-0.2, 0) is 4.79 Å². The molecule has 1 aliphatic heterocycles. The molecule has 1 heterocycles. The van der Waals surface area contributed by atoms with E-state index in [1.807, 2.05) is 0 Å². The number of likely N-dealkylation sites (tertiary alicyclic amines) is 1. The van der Waals surface area contributed by atoms with E-state index in [0.717, 1.165) is 0 Å². The average molecular weight is 289 g/mol. The van der Waals surface area contributed by atoms with E-state index >= 15 is 0 Å². The van der Waals surface area contributed by atoms with Crippen LogP contribution in [0.1, 0.15) is 0 Å². The number of carbonyl (C=O) groups is 1. The Kier molecular flexibility index (Phi) is 4.36. The SMILES string of the molecule is O=C(CN1C[C@@H](O)[C@@H](O)C1)Nc1ccc(F)c(Cl)c1. The van der Waals surface area contributed by atoms with Gasteiger partial charge in [0, 0.05) is 18.8 Å². The van der Waals surface area contributed by atoms with Crippen LogP contribution in [0.4, 0.5) is 10.1 Å². The molecule has 0 spiro atoms. The lowest BCUT2D eigenvalue weighted by molar-refractivity contribution is -0.117. The summed E-state index contributed by atoms with van der Waals surface area (Å²) < 4.78 is 12.9. The first-order valence-corrected chi connectivity index (χ1v) is 6.17. The highest BCUT2D eigenvalue weighted by Gasteiger charge is 2.30. The van der Waals surface area contributed by atoms with Crippen molar-refractivity contribution in [2.45, 2.75) is 12.2 Å². The van der Waals surface area contributed by atoms with Gasteiger partial charge >= 0.3 is 0 Å². The molecule has 1 fully saturated rings. The van der Waals surface area contributed by atoms with E-state index in [1.165, 1.54) is 18.2 Å². The summed E-state index contributed by atoms with van der Waals surface area (Å²) in [7, 11) is 0. The fourth-order valence-corrected chi connectivity index (χ4v) is 2.13. The molecule has 1 saturated heterocycles. The lowest BCUT2D eigenvalue weighted by atomic mass is 10.3. The topological polar surface area (TPSA) is 72.8 Å². The highest BCUT2D eigenvalue weighted by atomic mass is 35.5. The molecule has 1 aliphatic rings. The van der Waals surface area contributed by atoms with Gasteiger partial charge in [-0.3, -0.25) is 9.69 Å². The van der Waals surface area contributed by atoms with Gasteiger partial charge in [0.15, 0.2) is 0 Å². The Morgan fingerprint density at radius 3 is 2.63 bits per heavy atom. The number of benzene rings is 1. The maximum Gasteiger partial charge on any atom is 0.238 e. The van der Waals surface area contributed by atoms with Gasteiger partial charge in [0.25, 0.3) is 0 Å². The van der Waals surface area contributed by atoms with Gasteiger partial charge in [0.2, 0.25) is 5.91 Å². The zero-order chi connectivity index (χ0) is 14.0. The first-order valence-electron chi connectivity index (χ1n) is 5.79. The molecular formula is C12H14ClFN2O3. The zero-order valence-electron chi connectivity index (χ0n) is 10.0. The van der Waals surface area contributed by atoms with Gasteiger partial charge < -0.3 is 15.5 Å². The van der Waals surface area contributed by atoms with Crippen molar-refractivity contribution in [3.8, 4) is 0 Å². The van der Waals surface area contributed by atoms with Crippen LogP contribution in [0.25, 0.3) is 0 Å². The van der Waals surface area contributed by atoms with Gasteiger partial charge in [0.05, 0.1) is 23.8 Å². The summed E-state index contributed by atoms with van der Waals surface area (Å²) in [6.45, 7) is 0.542. The average Bonchev–Trinajstić information content (AvgIpc) is 2.63. The van der Waals surface area contributed by atoms with Crippen LogP contribution in [0.3, 0.4) is 0 Å². The largest absolute Gasteiger partial charge is 0.389 e. The first-order chi connectivity index (χ1) is 8.95. The van der Waals surface area contributed by atoms with Gasteiger partial charge in [0.1, 0.15) is 5.82 Å². The van der Waals surface area contributed by atoms with E-state index in [1.54, 1.807) is 4.90 Å². The van der Waals surface area contributed by atoms with Crippen LogP contribution in [-0.4, -0.2) is 52.9 Å². The van der Waals surface area contributed by atoms with Crippen LogP contribution >= 0.6 is 11.6 Å². The predicted molar refractivity (Wildman–Crippen MR) is 68.5 cm³/mol. The second-order valence-electron chi connectivity index (χ2n) is 4.51. The summed E-state index contributed by atoms with van der Waals surface area (Å²) in [5, 5.41) is 21.2. The van der Waals surface area contributed by atoms with E-state index in [9.17, 15) is 19.4 Å². The molecule has 1 aromatic rings. The van der Waals surface area contributed by atoms with E-state index in [0.29, 0.717) is 5.69 Å². The minimum absolute atomic E-state index is 0.0448. The number of nitrogens with zero attached hydrogens (tertiary/aromatic N) is 1. The fourth-order valence-electron chi connectivity index (χ4n) is 1.95. The number of amides is 1. The third-order valence-corrected chi connectivity index (χ3v) is 3.19. The summed E-state index contributed by atoms with van der Waals surface area (Å²) in [6, 6.07) is 3.90.